The van der Waals surface area contributed by atoms with E-state index in [1.165, 1.54) is 9.75 Å². The molecule has 0 aliphatic heterocycles. The van der Waals surface area contributed by atoms with Gasteiger partial charge in [-0.2, -0.15) is 0 Å². The quantitative estimate of drug-likeness (QED) is 0.659. The largest absolute Gasteiger partial charge is 0.395 e. The van der Waals surface area contributed by atoms with Crippen LogP contribution in [0.2, 0.25) is 0 Å². The molecule has 0 fully saturated rings. The number of nitrogens with zero attached hydrogens (tertiary/aromatic N) is 1. The maximum absolute atomic E-state index is 8.67. The maximum Gasteiger partial charge on any atom is 0.0809 e. The van der Waals surface area contributed by atoms with Crippen LogP contribution in [0.15, 0.2) is 17.0 Å². The van der Waals surface area contributed by atoms with Gasteiger partial charge in [0, 0.05) is 33.5 Å². The van der Waals surface area contributed by atoms with E-state index in [0.717, 1.165) is 17.7 Å². The first-order valence-electron chi connectivity index (χ1n) is 6.43. The van der Waals surface area contributed by atoms with Crippen LogP contribution >= 0.6 is 22.7 Å². The number of thiophene rings is 1. The summed E-state index contributed by atoms with van der Waals surface area (Å²) in [7, 11) is 0. The second-order valence-electron chi connectivity index (χ2n) is 4.24. The van der Waals surface area contributed by atoms with Crippen LogP contribution in [0.25, 0.3) is 0 Å². The Kier molecular flexibility index (Phi) is 6.22. The van der Waals surface area contributed by atoms with Gasteiger partial charge in [-0.1, -0.05) is 11.8 Å². The lowest BCUT2D eigenvalue weighted by Crippen LogP contribution is -1.97. The number of hydrogen-bond acceptors (Lipinski definition) is 5. The van der Waals surface area contributed by atoms with Crippen LogP contribution in [-0.2, 0) is 17.8 Å². The van der Waals surface area contributed by atoms with Crippen LogP contribution < -0.4 is 0 Å². The van der Waals surface area contributed by atoms with E-state index >= 15 is 0 Å². The zero-order valence-corrected chi connectivity index (χ0v) is 13.0. The molecule has 2 aromatic heterocycles. The van der Waals surface area contributed by atoms with Crippen LogP contribution in [0.5, 0.6) is 0 Å². The summed E-state index contributed by atoms with van der Waals surface area (Å²) >= 11 is 3.34. The minimum Gasteiger partial charge on any atom is -0.395 e. The van der Waals surface area contributed by atoms with Crippen LogP contribution in [-0.4, -0.2) is 23.3 Å². The molecule has 0 saturated heterocycles. The van der Waals surface area contributed by atoms with Gasteiger partial charge in [0.25, 0.3) is 0 Å². The number of aliphatic hydroxyl groups is 1. The monoisotopic (exact) mass is 307 g/mol. The Bertz CT molecular complexity index is 592. The first-order valence-corrected chi connectivity index (χ1v) is 8.19. The van der Waals surface area contributed by atoms with E-state index in [-0.39, 0.29) is 6.61 Å². The Labute approximate surface area is 127 Å². The van der Waals surface area contributed by atoms with Crippen molar-refractivity contribution < 1.29 is 9.84 Å². The predicted molar refractivity (Wildman–Crippen MR) is 83.1 cm³/mol. The van der Waals surface area contributed by atoms with Gasteiger partial charge >= 0.3 is 0 Å². The molecule has 0 spiro atoms. The zero-order chi connectivity index (χ0) is 14.2. The van der Waals surface area contributed by atoms with Crippen LogP contribution in [0.4, 0.5) is 0 Å². The molecule has 5 heteroatoms. The normalized spacial score (nSPS) is 10.3. The SMILES string of the molecule is Cc1ncsc1CCOCc1cc(C#CCCO)cs1. The lowest BCUT2D eigenvalue weighted by atomic mass is 10.3. The first kappa shape index (κ1) is 15.2. The fourth-order valence-electron chi connectivity index (χ4n) is 1.65. The smallest absolute Gasteiger partial charge is 0.0809 e. The van der Waals surface area contributed by atoms with E-state index in [1.807, 2.05) is 23.9 Å². The minimum absolute atomic E-state index is 0.115. The van der Waals surface area contributed by atoms with Crippen molar-refractivity contribution in [3.63, 3.8) is 0 Å². The standard InChI is InChI=1S/C15H17NO2S2/c1-12-15(20-11-16-12)5-7-18-9-14-8-13(10-19-14)4-2-3-6-17/h8,10-11,17H,3,5-7,9H2,1H3. The highest BCUT2D eigenvalue weighted by atomic mass is 32.1. The zero-order valence-electron chi connectivity index (χ0n) is 11.4. The average molecular weight is 307 g/mol. The summed E-state index contributed by atoms with van der Waals surface area (Å²) in [5.74, 6) is 5.94. The number of aromatic nitrogens is 1. The van der Waals surface area contributed by atoms with Gasteiger partial charge in [0.2, 0.25) is 0 Å². The second-order valence-corrected chi connectivity index (χ2v) is 6.18. The van der Waals surface area contributed by atoms with Gasteiger partial charge in [-0.15, -0.1) is 22.7 Å². The molecule has 0 bridgehead atoms. The summed E-state index contributed by atoms with van der Waals surface area (Å²) in [5.41, 5.74) is 3.98. The molecule has 0 atom stereocenters. The number of thiazole rings is 1. The molecule has 2 aromatic rings. The topological polar surface area (TPSA) is 42.4 Å². The highest BCUT2D eigenvalue weighted by Crippen LogP contribution is 2.16. The molecule has 0 aliphatic carbocycles. The Morgan fingerprint density at radius 3 is 3.05 bits per heavy atom. The number of aliphatic hydroxyl groups excluding tert-OH is 1. The van der Waals surface area contributed by atoms with Crippen molar-refractivity contribution in [1.82, 2.24) is 4.98 Å². The molecule has 2 heterocycles. The number of hydrogen-bond donors (Lipinski definition) is 1. The molecule has 2 rings (SSSR count). The number of rotatable bonds is 6. The van der Waals surface area contributed by atoms with Gasteiger partial charge < -0.3 is 9.84 Å². The van der Waals surface area contributed by atoms with Crippen molar-refractivity contribution in [3.05, 3.63) is 38.0 Å². The van der Waals surface area contributed by atoms with E-state index in [9.17, 15) is 0 Å². The average Bonchev–Trinajstić information content (AvgIpc) is 3.05. The predicted octanol–water partition coefficient (Wildman–Crippen LogP) is 3.01. The van der Waals surface area contributed by atoms with E-state index in [2.05, 4.69) is 16.8 Å². The van der Waals surface area contributed by atoms with Crippen molar-refractivity contribution in [2.75, 3.05) is 13.2 Å². The summed E-state index contributed by atoms with van der Waals surface area (Å²) in [6.45, 7) is 3.49. The Morgan fingerprint density at radius 2 is 2.30 bits per heavy atom. The lowest BCUT2D eigenvalue weighted by Gasteiger charge is -2.01. The number of aryl methyl sites for hydroxylation is 1. The molecule has 106 valence electrons. The summed E-state index contributed by atoms with van der Waals surface area (Å²) in [6.07, 6.45) is 1.45. The van der Waals surface area contributed by atoms with Gasteiger partial charge in [0.1, 0.15) is 0 Å². The van der Waals surface area contributed by atoms with Crippen LogP contribution in [0.1, 0.15) is 27.4 Å². The second kappa shape index (κ2) is 8.18. The Morgan fingerprint density at radius 1 is 1.40 bits per heavy atom. The fourth-order valence-corrected chi connectivity index (χ4v) is 3.16. The van der Waals surface area contributed by atoms with Gasteiger partial charge in [-0.25, -0.2) is 4.98 Å². The third-order valence-corrected chi connectivity index (χ3v) is 4.59. The summed E-state index contributed by atoms with van der Waals surface area (Å²) in [4.78, 5) is 6.70. The molecule has 0 aliphatic rings. The maximum atomic E-state index is 8.67. The van der Waals surface area contributed by atoms with E-state index in [4.69, 9.17) is 9.84 Å². The van der Waals surface area contributed by atoms with Gasteiger partial charge in [-0.3, -0.25) is 0 Å². The van der Waals surface area contributed by atoms with Gasteiger partial charge in [0.15, 0.2) is 0 Å². The van der Waals surface area contributed by atoms with E-state index < -0.39 is 0 Å². The molecule has 0 saturated carbocycles. The van der Waals surface area contributed by atoms with E-state index in [0.29, 0.717) is 19.6 Å². The third-order valence-electron chi connectivity index (χ3n) is 2.69. The molecule has 3 nitrogen and oxygen atoms in total. The molecule has 0 aromatic carbocycles. The van der Waals surface area contributed by atoms with Crippen molar-refractivity contribution in [3.8, 4) is 11.8 Å². The van der Waals surface area contributed by atoms with Crippen LogP contribution in [0, 0.1) is 18.8 Å². The molecule has 1 N–H and O–H groups in total. The molecule has 0 unspecified atom stereocenters. The Balaban J connectivity index is 1.72. The van der Waals surface area contributed by atoms with Crippen molar-refractivity contribution in [2.45, 2.75) is 26.4 Å². The summed E-state index contributed by atoms with van der Waals surface area (Å²) in [5, 5.41) is 10.7. The molecular weight excluding hydrogens is 290 g/mol. The van der Waals surface area contributed by atoms with Crippen LogP contribution in [0.3, 0.4) is 0 Å². The van der Waals surface area contributed by atoms with Gasteiger partial charge in [0.05, 0.1) is 31.0 Å². The molecule has 20 heavy (non-hydrogen) atoms. The lowest BCUT2D eigenvalue weighted by molar-refractivity contribution is 0.126. The molecule has 0 radical (unpaired) electrons. The van der Waals surface area contributed by atoms with E-state index in [1.54, 1.807) is 22.7 Å². The van der Waals surface area contributed by atoms with Crippen molar-refractivity contribution in [2.24, 2.45) is 0 Å². The fraction of sp³-hybridized carbons (Fsp3) is 0.400. The summed E-state index contributed by atoms with van der Waals surface area (Å²) in [6, 6.07) is 2.05. The third kappa shape index (κ3) is 4.73. The highest BCUT2D eigenvalue weighted by Gasteiger charge is 2.02. The first-order chi connectivity index (χ1) is 9.79. The molecule has 0 amide bonds. The van der Waals surface area contributed by atoms with Crippen molar-refractivity contribution in [1.29, 1.82) is 0 Å². The highest BCUT2D eigenvalue weighted by molar-refractivity contribution is 7.10. The van der Waals surface area contributed by atoms with Crippen molar-refractivity contribution >= 4 is 22.7 Å². The molecular formula is C15H17NO2S2. The van der Waals surface area contributed by atoms with Gasteiger partial charge in [-0.05, 0) is 13.0 Å². The Hall–Kier alpha value is -1.19. The minimum atomic E-state index is 0.115. The number of ether oxygens (including phenoxy) is 1. The summed E-state index contributed by atoms with van der Waals surface area (Å²) < 4.78 is 5.69.